The molecule has 6 nitrogen and oxygen atoms in total. The van der Waals surface area contributed by atoms with Gasteiger partial charge in [0.2, 0.25) is 5.91 Å². The molecule has 0 saturated heterocycles. The van der Waals surface area contributed by atoms with Gasteiger partial charge in [0.1, 0.15) is 0 Å². The van der Waals surface area contributed by atoms with Gasteiger partial charge in [-0.25, -0.2) is 0 Å². The third kappa shape index (κ3) is 9.05. The smallest absolute Gasteiger partial charge is 0.306 e. The van der Waals surface area contributed by atoms with Crippen LogP contribution in [-0.2, 0) is 25.5 Å². The maximum absolute atomic E-state index is 12.2. The topological polar surface area (TPSA) is 84.5 Å². The van der Waals surface area contributed by atoms with Crippen molar-refractivity contribution >= 4 is 68.5 Å². The first-order valence-corrected chi connectivity index (χ1v) is 12.9. The third-order valence-corrected chi connectivity index (χ3v) is 6.59. The fourth-order valence-corrected chi connectivity index (χ4v) is 4.42. The van der Waals surface area contributed by atoms with Crippen molar-refractivity contribution in [2.24, 2.45) is 0 Å². The van der Waals surface area contributed by atoms with Crippen LogP contribution >= 0.6 is 39.3 Å². The molecule has 0 aromatic heterocycles. The number of anilines is 2. The molecule has 3 rings (SSSR count). The highest BCUT2D eigenvalue weighted by Gasteiger charge is 2.12. The highest BCUT2D eigenvalue weighted by Crippen LogP contribution is 2.29. The number of halogens is 2. The molecule has 182 valence electrons. The van der Waals surface area contributed by atoms with Gasteiger partial charge in [-0.3, -0.25) is 14.4 Å². The lowest BCUT2D eigenvalue weighted by Gasteiger charge is -2.11. The Hall–Kier alpha value is -2.81. The molecule has 3 aromatic rings. The van der Waals surface area contributed by atoms with Gasteiger partial charge >= 0.3 is 5.97 Å². The fraction of sp³-hybridized carbons (Fsp3) is 0.192. The molecule has 0 aliphatic carbocycles. The van der Waals surface area contributed by atoms with Gasteiger partial charge in [0.15, 0.2) is 6.61 Å². The SMILES string of the molecule is CCc1cc(Br)ccc1NC(=O)COC(=O)CCC(=O)Nc1ccc(Sc2ccc(Cl)cc2)cc1. The molecule has 0 radical (unpaired) electrons. The number of esters is 1. The zero-order valence-corrected chi connectivity index (χ0v) is 22.1. The summed E-state index contributed by atoms with van der Waals surface area (Å²) < 4.78 is 5.92. The Morgan fingerprint density at radius 1 is 0.886 bits per heavy atom. The molecule has 0 aliphatic rings. The predicted octanol–water partition coefficient (Wildman–Crippen LogP) is 6.72. The van der Waals surface area contributed by atoms with Crippen LogP contribution < -0.4 is 10.6 Å². The van der Waals surface area contributed by atoms with Crippen LogP contribution in [0.15, 0.2) is 81.0 Å². The minimum atomic E-state index is -0.614. The van der Waals surface area contributed by atoms with E-state index in [1.165, 1.54) is 0 Å². The number of carbonyl (C=O) groups is 3. The molecule has 0 unspecified atom stereocenters. The Labute approximate surface area is 221 Å². The van der Waals surface area contributed by atoms with E-state index in [9.17, 15) is 14.4 Å². The van der Waals surface area contributed by atoms with Gasteiger partial charge in [-0.15, -0.1) is 0 Å². The van der Waals surface area contributed by atoms with Crippen LogP contribution in [0.25, 0.3) is 0 Å². The average Bonchev–Trinajstić information content (AvgIpc) is 2.85. The van der Waals surface area contributed by atoms with E-state index in [2.05, 4.69) is 26.6 Å². The highest BCUT2D eigenvalue weighted by molar-refractivity contribution is 9.10. The van der Waals surface area contributed by atoms with Crippen LogP contribution in [0, 0.1) is 0 Å². The summed E-state index contributed by atoms with van der Waals surface area (Å²) >= 11 is 10.9. The summed E-state index contributed by atoms with van der Waals surface area (Å²) in [6.07, 6.45) is 0.574. The molecule has 35 heavy (non-hydrogen) atoms. The second kappa shape index (κ2) is 13.3. The molecule has 0 aliphatic heterocycles. The van der Waals surface area contributed by atoms with Gasteiger partial charge in [0.25, 0.3) is 5.91 Å². The van der Waals surface area contributed by atoms with Crippen LogP contribution in [0.5, 0.6) is 0 Å². The van der Waals surface area contributed by atoms with Gasteiger partial charge < -0.3 is 15.4 Å². The summed E-state index contributed by atoms with van der Waals surface area (Å²) in [5, 5.41) is 6.18. The second-order valence-electron chi connectivity index (χ2n) is 7.49. The van der Waals surface area contributed by atoms with E-state index in [0.717, 1.165) is 26.2 Å². The lowest BCUT2D eigenvalue weighted by Crippen LogP contribution is -2.22. The average molecular weight is 576 g/mol. The van der Waals surface area contributed by atoms with Gasteiger partial charge in [-0.05, 0) is 78.7 Å². The first kappa shape index (κ1) is 26.8. The lowest BCUT2D eigenvalue weighted by atomic mass is 10.1. The van der Waals surface area contributed by atoms with E-state index >= 15 is 0 Å². The Morgan fingerprint density at radius 3 is 2.20 bits per heavy atom. The number of hydrogen-bond acceptors (Lipinski definition) is 5. The van der Waals surface area contributed by atoms with Gasteiger partial charge in [0.05, 0.1) is 6.42 Å². The standard InChI is InChI=1S/C26H24BrClN2O4S/c1-2-17-15-18(27)3-12-23(17)30-25(32)16-34-26(33)14-13-24(31)29-20-6-10-22(11-7-20)35-21-8-4-19(28)5-9-21/h3-12,15H,2,13-14,16H2,1H3,(H,29,31)(H,30,32). The maximum atomic E-state index is 12.2. The van der Waals surface area contributed by atoms with Crippen molar-refractivity contribution in [2.45, 2.75) is 36.0 Å². The van der Waals surface area contributed by atoms with Crippen LogP contribution in [-0.4, -0.2) is 24.4 Å². The Kier molecular flexibility index (Phi) is 10.2. The summed E-state index contributed by atoms with van der Waals surface area (Å²) in [4.78, 5) is 38.3. The van der Waals surface area contributed by atoms with Crippen molar-refractivity contribution in [3.05, 3.63) is 81.8 Å². The molecule has 9 heteroatoms. The molecule has 2 amide bonds. The van der Waals surface area contributed by atoms with Gasteiger partial charge in [0, 0.05) is 37.1 Å². The van der Waals surface area contributed by atoms with Crippen LogP contribution in [0.1, 0.15) is 25.3 Å². The first-order valence-electron chi connectivity index (χ1n) is 10.9. The molecule has 0 fully saturated rings. The molecule has 3 aromatic carbocycles. The van der Waals surface area contributed by atoms with Crippen molar-refractivity contribution in [1.29, 1.82) is 0 Å². The van der Waals surface area contributed by atoms with E-state index in [0.29, 0.717) is 16.4 Å². The summed E-state index contributed by atoms with van der Waals surface area (Å²) in [6.45, 7) is 1.57. The van der Waals surface area contributed by atoms with Gasteiger partial charge in [-0.2, -0.15) is 0 Å². The van der Waals surface area contributed by atoms with Crippen molar-refractivity contribution in [3.63, 3.8) is 0 Å². The van der Waals surface area contributed by atoms with Crippen molar-refractivity contribution in [3.8, 4) is 0 Å². The molecule has 0 spiro atoms. The van der Waals surface area contributed by atoms with E-state index in [1.54, 1.807) is 30.0 Å². The zero-order valence-electron chi connectivity index (χ0n) is 19.0. The Bertz CT molecular complexity index is 1190. The largest absolute Gasteiger partial charge is 0.456 e. The third-order valence-electron chi connectivity index (χ3n) is 4.83. The number of aryl methyl sites for hydroxylation is 1. The van der Waals surface area contributed by atoms with E-state index in [-0.39, 0.29) is 18.7 Å². The number of hydrogen-bond donors (Lipinski definition) is 2. The number of ether oxygens (including phenoxy) is 1. The molecular weight excluding hydrogens is 552 g/mol. The second-order valence-corrected chi connectivity index (χ2v) is 9.99. The Morgan fingerprint density at radius 2 is 1.54 bits per heavy atom. The van der Waals surface area contributed by atoms with E-state index < -0.39 is 18.5 Å². The van der Waals surface area contributed by atoms with E-state index in [1.807, 2.05) is 55.5 Å². The maximum Gasteiger partial charge on any atom is 0.306 e. The molecule has 0 saturated carbocycles. The zero-order chi connectivity index (χ0) is 25.2. The summed E-state index contributed by atoms with van der Waals surface area (Å²) in [6, 6.07) is 20.5. The first-order chi connectivity index (χ1) is 16.8. The summed E-state index contributed by atoms with van der Waals surface area (Å²) in [5.74, 6) is -1.36. The quantitative estimate of drug-likeness (QED) is 0.262. The molecular formula is C26H24BrClN2O4S. The van der Waals surface area contributed by atoms with Crippen LogP contribution in [0.3, 0.4) is 0 Å². The van der Waals surface area contributed by atoms with Crippen molar-refractivity contribution in [2.75, 3.05) is 17.2 Å². The number of benzene rings is 3. The van der Waals surface area contributed by atoms with E-state index in [4.69, 9.17) is 16.3 Å². The predicted molar refractivity (Wildman–Crippen MR) is 143 cm³/mol. The molecule has 2 N–H and O–H groups in total. The molecule has 0 atom stereocenters. The minimum Gasteiger partial charge on any atom is -0.456 e. The van der Waals surface area contributed by atoms with Gasteiger partial charge in [-0.1, -0.05) is 46.2 Å². The fourth-order valence-electron chi connectivity index (χ4n) is 3.07. The van der Waals surface area contributed by atoms with Crippen molar-refractivity contribution in [1.82, 2.24) is 0 Å². The normalized spacial score (nSPS) is 10.5. The highest BCUT2D eigenvalue weighted by atomic mass is 79.9. The Balaban J connectivity index is 1.38. The lowest BCUT2D eigenvalue weighted by molar-refractivity contribution is -0.147. The molecule has 0 bridgehead atoms. The number of carbonyl (C=O) groups excluding carboxylic acids is 3. The number of rotatable bonds is 10. The number of amides is 2. The molecule has 0 heterocycles. The van der Waals surface area contributed by atoms with Crippen LogP contribution in [0.4, 0.5) is 11.4 Å². The minimum absolute atomic E-state index is 0.0472. The van der Waals surface area contributed by atoms with Crippen molar-refractivity contribution < 1.29 is 19.1 Å². The summed E-state index contributed by atoms with van der Waals surface area (Å²) in [7, 11) is 0. The number of nitrogens with one attached hydrogen (secondary N) is 2. The summed E-state index contributed by atoms with van der Waals surface area (Å²) in [5.41, 5.74) is 2.27. The monoisotopic (exact) mass is 574 g/mol. The van der Waals surface area contributed by atoms with Crippen LogP contribution in [0.2, 0.25) is 5.02 Å².